The SMILES string of the molecule is CS/C=C\C#C/C=C1/C=CC2(CCCO2)O1. The number of hydrogen-bond donors (Lipinski definition) is 0. The first kappa shape index (κ1) is 11.4. The Morgan fingerprint density at radius 2 is 2.44 bits per heavy atom. The van der Waals surface area contributed by atoms with Gasteiger partial charge in [0.15, 0.2) is 0 Å². The average molecular weight is 234 g/mol. The Bertz CT molecular complexity index is 390. The third-order valence-electron chi connectivity index (χ3n) is 2.39. The molecule has 0 N–H and O–H groups in total. The smallest absolute Gasteiger partial charge is 0.230 e. The summed E-state index contributed by atoms with van der Waals surface area (Å²) in [5.74, 6) is 6.13. The fraction of sp³-hybridized carbons (Fsp3) is 0.385. The largest absolute Gasteiger partial charge is 0.458 e. The second kappa shape index (κ2) is 5.29. The quantitative estimate of drug-likeness (QED) is 0.650. The van der Waals surface area contributed by atoms with Gasteiger partial charge in [0.1, 0.15) is 5.76 Å². The van der Waals surface area contributed by atoms with Crippen LogP contribution in [0.4, 0.5) is 0 Å². The molecule has 2 aliphatic rings. The summed E-state index contributed by atoms with van der Waals surface area (Å²) >= 11 is 1.63. The van der Waals surface area contributed by atoms with Gasteiger partial charge in [0, 0.05) is 12.5 Å². The highest BCUT2D eigenvalue weighted by Gasteiger charge is 2.38. The van der Waals surface area contributed by atoms with E-state index in [0.717, 1.165) is 25.2 Å². The highest BCUT2D eigenvalue weighted by Crippen LogP contribution is 2.35. The third-order valence-corrected chi connectivity index (χ3v) is 2.80. The van der Waals surface area contributed by atoms with Crippen LogP contribution in [-0.2, 0) is 9.47 Å². The lowest BCUT2D eigenvalue weighted by Crippen LogP contribution is -2.24. The first-order valence-electron chi connectivity index (χ1n) is 5.26. The maximum atomic E-state index is 5.71. The maximum absolute atomic E-state index is 5.71. The first-order valence-corrected chi connectivity index (χ1v) is 6.55. The zero-order valence-electron chi connectivity index (χ0n) is 9.23. The second-order valence-corrected chi connectivity index (χ2v) is 4.32. The van der Waals surface area contributed by atoms with E-state index in [9.17, 15) is 0 Å². The van der Waals surface area contributed by atoms with Crippen molar-refractivity contribution in [2.45, 2.75) is 18.6 Å². The van der Waals surface area contributed by atoms with E-state index in [0.29, 0.717) is 0 Å². The summed E-state index contributed by atoms with van der Waals surface area (Å²) in [5, 5.41) is 1.94. The Morgan fingerprint density at radius 1 is 1.50 bits per heavy atom. The van der Waals surface area contributed by atoms with Gasteiger partial charge in [-0.3, -0.25) is 0 Å². The Balaban J connectivity index is 1.93. The third kappa shape index (κ3) is 2.72. The maximum Gasteiger partial charge on any atom is 0.230 e. The van der Waals surface area contributed by atoms with Gasteiger partial charge in [-0.2, -0.15) is 0 Å². The van der Waals surface area contributed by atoms with Gasteiger partial charge in [-0.05, 0) is 36.3 Å². The fourth-order valence-corrected chi connectivity index (χ4v) is 1.87. The monoisotopic (exact) mass is 234 g/mol. The summed E-state index contributed by atoms with van der Waals surface area (Å²) in [5.41, 5.74) is 0. The van der Waals surface area contributed by atoms with Crippen molar-refractivity contribution in [1.82, 2.24) is 0 Å². The number of hydrogen-bond acceptors (Lipinski definition) is 3. The lowest BCUT2D eigenvalue weighted by atomic mass is 10.2. The van der Waals surface area contributed by atoms with Crippen LogP contribution in [0.25, 0.3) is 0 Å². The van der Waals surface area contributed by atoms with Gasteiger partial charge in [0.2, 0.25) is 5.79 Å². The lowest BCUT2D eigenvalue weighted by Gasteiger charge is -2.20. The van der Waals surface area contributed by atoms with Gasteiger partial charge in [0.25, 0.3) is 0 Å². The molecule has 3 heteroatoms. The van der Waals surface area contributed by atoms with Crippen LogP contribution >= 0.6 is 11.8 Å². The van der Waals surface area contributed by atoms with E-state index in [1.807, 2.05) is 29.9 Å². The molecule has 1 unspecified atom stereocenters. The van der Waals surface area contributed by atoms with Gasteiger partial charge in [0.05, 0.1) is 6.61 Å². The van der Waals surface area contributed by atoms with Crippen molar-refractivity contribution in [3.05, 3.63) is 35.5 Å². The molecule has 0 radical (unpaired) electrons. The van der Waals surface area contributed by atoms with Gasteiger partial charge < -0.3 is 9.47 Å². The van der Waals surface area contributed by atoms with Crippen LogP contribution in [0.1, 0.15) is 12.8 Å². The van der Waals surface area contributed by atoms with Gasteiger partial charge in [-0.1, -0.05) is 11.8 Å². The van der Waals surface area contributed by atoms with Gasteiger partial charge in [-0.15, -0.1) is 11.8 Å². The lowest BCUT2D eigenvalue weighted by molar-refractivity contribution is -0.135. The molecule has 2 heterocycles. The molecule has 16 heavy (non-hydrogen) atoms. The van der Waals surface area contributed by atoms with Crippen LogP contribution in [0.5, 0.6) is 0 Å². The number of ether oxygens (including phenoxy) is 2. The minimum absolute atomic E-state index is 0.484. The van der Waals surface area contributed by atoms with Crippen molar-refractivity contribution >= 4 is 11.8 Å². The van der Waals surface area contributed by atoms with Crippen molar-refractivity contribution in [3.8, 4) is 11.8 Å². The first-order chi connectivity index (χ1) is 7.85. The molecule has 0 aliphatic carbocycles. The van der Waals surface area contributed by atoms with E-state index in [-0.39, 0.29) is 0 Å². The number of allylic oxidation sites excluding steroid dienone is 3. The van der Waals surface area contributed by atoms with Crippen molar-refractivity contribution in [2.75, 3.05) is 12.9 Å². The summed E-state index contributed by atoms with van der Waals surface area (Å²) < 4.78 is 11.3. The minimum atomic E-state index is -0.484. The fourth-order valence-electron chi connectivity index (χ4n) is 1.66. The Labute approximate surface area is 100 Å². The molecule has 0 amide bonds. The molecule has 2 rings (SSSR count). The molecule has 0 aromatic carbocycles. The number of rotatable bonds is 1. The van der Waals surface area contributed by atoms with E-state index in [1.54, 1.807) is 17.8 Å². The Kier molecular flexibility index (Phi) is 3.76. The molecule has 1 atom stereocenters. The Hall–Kier alpha value is -1.11. The van der Waals surface area contributed by atoms with Crippen LogP contribution in [0.15, 0.2) is 35.5 Å². The molecule has 0 saturated carbocycles. The number of thioether (sulfide) groups is 1. The van der Waals surface area contributed by atoms with Crippen LogP contribution < -0.4 is 0 Å². The molecule has 0 bridgehead atoms. The zero-order valence-corrected chi connectivity index (χ0v) is 10.0. The van der Waals surface area contributed by atoms with Crippen molar-refractivity contribution < 1.29 is 9.47 Å². The molecule has 2 aliphatic heterocycles. The van der Waals surface area contributed by atoms with Crippen LogP contribution in [-0.4, -0.2) is 18.6 Å². The van der Waals surface area contributed by atoms with E-state index in [4.69, 9.17) is 9.47 Å². The van der Waals surface area contributed by atoms with Gasteiger partial charge in [-0.25, -0.2) is 0 Å². The molecule has 1 spiro atoms. The summed E-state index contributed by atoms with van der Waals surface area (Å²) in [6, 6.07) is 0. The predicted octanol–water partition coefficient (Wildman–Crippen LogP) is 2.84. The standard InChI is InChI=1S/C13H14O2S/c1-16-11-4-2-3-6-12-7-9-13(15-12)8-5-10-14-13/h4,6-7,9,11H,5,8,10H2,1H3/b11-4-,12-6-. The van der Waals surface area contributed by atoms with Crippen molar-refractivity contribution in [2.24, 2.45) is 0 Å². The second-order valence-electron chi connectivity index (χ2n) is 3.57. The summed E-state index contributed by atoms with van der Waals surface area (Å²) in [7, 11) is 0. The topological polar surface area (TPSA) is 18.5 Å². The van der Waals surface area contributed by atoms with Gasteiger partial charge >= 0.3 is 0 Å². The van der Waals surface area contributed by atoms with E-state index < -0.39 is 5.79 Å². The van der Waals surface area contributed by atoms with Crippen LogP contribution in [0, 0.1) is 11.8 Å². The molecule has 1 saturated heterocycles. The molecule has 1 fully saturated rings. The molecule has 84 valence electrons. The minimum Gasteiger partial charge on any atom is -0.458 e. The summed E-state index contributed by atoms with van der Waals surface area (Å²) in [6.45, 7) is 0.778. The molecule has 0 aromatic rings. The normalized spacial score (nSPS) is 29.9. The molecular formula is C13H14O2S. The van der Waals surface area contributed by atoms with Crippen molar-refractivity contribution in [3.63, 3.8) is 0 Å². The average Bonchev–Trinajstić information content (AvgIpc) is 2.90. The van der Waals surface area contributed by atoms with E-state index in [1.165, 1.54) is 0 Å². The Morgan fingerprint density at radius 3 is 3.19 bits per heavy atom. The van der Waals surface area contributed by atoms with Crippen LogP contribution in [0.3, 0.4) is 0 Å². The predicted molar refractivity (Wildman–Crippen MR) is 66.7 cm³/mol. The molecule has 0 aromatic heterocycles. The van der Waals surface area contributed by atoms with Crippen LogP contribution in [0.2, 0.25) is 0 Å². The van der Waals surface area contributed by atoms with Crippen molar-refractivity contribution in [1.29, 1.82) is 0 Å². The highest BCUT2D eigenvalue weighted by atomic mass is 32.2. The summed E-state index contributed by atoms with van der Waals surface area (Å²) in [6.07, 6.45) is 11.5. The molecular weight excluding hydrogens is 220 g/mol. The summed E-state index contributed by atoms with van der Waals surface area (Å²) in [4.78, 5) is 0. The molecule has 2 nitrogen and oxygen atoms in total. The van der Waals surface area contributed by atoms with E-state index >= 15 is 0 Å². The zero-order chi connectivity index (χ0) is 11.3. The highest BCUT2D eigenvalue weighted by molar-refractivity contribution is 8.01. The van der Waals surface area contributed by atoms with E-state index in [2.05, 4.69) is 11.8 Å².